The first-order chi connectivity index (χ1) is 28.9. The molecule has 2 aliphatic rings. The fraction of sp³-hybridized carbons (Fsp3) is 0.750. The van der Waals surface area contributed by atoms with Gasteiger partial charge in [-0.05, 0) is 130 Å². The van der Waals surface area contributed by atoms with Gasteiger partial charge in [-0.15, -0.1) is 0 Å². The van der Waals surface area contributed by atoms with Gasteiger partial charge in [0.05, 0.1) is 0 Å². The first-order valence-corrected chi connectivity index (χ1v) is 23.8. The van der Waals surface area contributed by atoms with Gasteiger partial charge in [0, 0.05) is 98.1 Å². The number of phenols is 2. The van der Waals surface area contributed by atoms with Crippen LogP contribution in [0.2, 0.25) is 0 Å². The molecule has 0 bridgehead atoms. The first-order valence-electron chi connectivity index (χ1n) is 23.8. The summed E-state index contributed by atoms with van der Waals surface area (Å²) in [6.45, 7) is 44.7. The number of likely N-dealkylation sites (N-methyl/N-ethyl adjacent to an activating group) is 1. The summed E-state index contributed by atoms with van der Waals surface area (Å²) in [7, 11) is 8.22. The molecule has 0 aliphatic heterocycles. The van der Waals surface area contributed by atoms with Gasteiger partial charge < -0.3 is 50.4 Å². The SMILES string of the molecule is CC(C)c1cc(CN(CCN(C)C)Cc2cc(C(C)C)c(O)c(C(C)C)c2)cc(C(C)C)c1O.CC1C(C)C(C)C(C)C1C.CC1C(C)C(C)C(C)C1C.CO.CO.CO.CO.[CH3-].[CH3-].[Ti].[Ti]. The molecule has 0 atom stereocenters. The Morgan fingerprint density at radius 2 is 0.545 bits per heavy atom. The molecule has 2 aromatic rings. The number of aliphatic hydroxyl groups is 4. The molecule has 0 unspecified atom stereocenters. The van der Waals surface area contributed by atoms with E-state index in [1.54, 1.807) is 0 Å². The van der Waals surface area contributed by atoms with E-state index in [1.807, 2.05) is 0 Å². The number of benzene rings is 2. The summed E-state index contributed by atoms with van der Waals surface area (Å²) >= 11 is 0. The number of aromatic hydroxyl groups is 2. The third-order valence-electron chi connectivity index (χ3n) is 14.9. The van der Waals surface area contributed by atoms with Gasteiger partial charge >= 0.3 is 0 Å². The molecule has 0 radical (unpaired) electrons. The molecule has 2 fully saturated rings. The molecule has 2 aliphatic carbocycles. The van der Waals surface area contributed by atoms with Gasteiger partial charge in [0.15, 0.2) is 0 Å². The second-order valence-electron chi connectivity index (χ2n) is 20.0. The fourth-order valence-corrected chi connectivity index (χ4v) is 9.29. The quantitative estimate of drug-likeness (QED) is 0.0971. The van der Waals surface area contributed by atoms with E-state index >= 15 is 0 Å². The molecule has 0 heterocycles. The minimum Gasteiger partial charge on any atom is -0.507 e. The second kappa shape index (κ2) is 40.9. The molecule has 0 saturated heterocycles. The van der Waals surface area contributed by atoms with Gasteiger partial charge in [-0.25, -0.2) is 0 Å². The third kappa shape index (κ3) is 24.4. The molecule has 2 saturated carbocycles. The van der Waals surface area contributed by atoms with Crippen molar-refractivity contribution < 1.29 is 74.1 Å². The number of rotatable bonds is 11. The fourth-order valence-electron chi connectivity index (χ4n) is 9.29. The predicted molar refractivity (Wildman–Crippen MR) is 282 cm³/mol. The van der Waals surface area contributed by atoms with Crippen molar-refractivity contribution in [3.63, 3.8) is 0 Å². The van der Waals surface area contributed by atoms with Gasteiger partial charge in [-0.1, -0.05) is 149 Å². The number of hydrogen-bond acceptors (Lipinski definition) is 8. The Balaban J connectivity index is -0.000000179. The molecule has 10 heteroatoms. The summed E-state index contributed by atoms with van der Waals surface area (Å²) in [6, 6.07) is 8.74. The molecule has 0 amide bonds. The monoisotopic (exact) mass is 1000 g/mol. The maximum absolute atomic E-state index is 10.8. The summed E-state index contributed by atoms with van der Waals surface area (Å²) in [4.78, 5) is 4.71. The zero-order chi connectivity index (χ0) is 49.5. The van der Waals surface area contributed by atoms with E-state index in [1.165, 1.54) is 11.1 Å². The zero-order valence-electron chi connectivity index (χ0n) is 47.8. The van der Waals surface area contributed by atoms with Crippen LogP contribution in [0.3, 0.4) is 0 Å². The van der Waals surface area contributed by atoms with Crippen LogP contribution in [0.1, 0.15) is 182 Å². The molecular formula is C56H110N2O6Ti2-2. The van der Waals surface area contributed by atoms with Crippen LogP contribution in [0.4, 0.5) is 0 Å². The normalized spacial score (nSPS) is 23.5. The van der Waals surface area contributed by atoms with Gasteiger partial charge in [-0.3, -0.25) is 4.90 Å². The molecule has 390 valence electrons. The second-order valence-corrected chi connectivity index (χ2v) is 20.0. The first kappa shape index (κ1) is 79.4. The molecule has 8 nitrogen and oxygen atoms in total. The van der Waals surface area contributed by atoms with Gasteiger partial charge in [0.1, 0.15) is 11.5 Å². The molecule has 6 N–H and O–H groups in total. The number of phenolic OH excluding ortho intramolecular Hbond substituents is 2. The van der Waals surface area contributed by atoms with Crippen LogP contribution < -0.4 is 0 Å². The average Bonchev–Trinajstić information content (AvgIpc) is 3.52. The number of nitrogens with zero attached hydrogens (tertiary/aromatic N) is 2. The standard InChI is InChI=1S/C30H48N2O2.2C10H20.4CH4O.2CH3.2Ti/c1-19(2)25-13-23(14-26(20(3)4)29(25)33)17-32(12-11-31(9)10)18-24-15-27(21(5)6)30(34)28(16-24)22(7)8;2*1-6-7(2)9(4)10(5)8(6)3;4*1-2;;;;/h13-16,19-22,33-34H,11-12,17-18H2,1-10H3;2*6-10H,1-5H3;4*2H,1H3;2*1H3;;/q;;;;;;;2*-1;;. The van der Waals surface area contributed by atoms with Crippen LogP contribution in [-0.4, -0.2) is 96.1 Å². The van der Waals surface area contributed by atoms with Crippen molar-refractivity contribution >= 4 is 0 Å². The minimum absolute atomic E-state index is 0. The van der Waals surface area contributed by atoms with E-state index in [9.17, 15) is 10.2 Å². The van der Waals surface area contributed by atoms with Crippen molar-refractivity contribution in [2.24, 2.45) is 59.2 Å². The summed E-state index contributed by atoms with van der Waals surface area (Å²) in [5.41, 5.74) is 6.61. The van der Waals surface area contributed by atoms with Crippen LogP contribution in [-0.2, 0) is 56.5 Å². The van der Waals surface area contributed by atoms with Crippen molar-refractivity contribution in [1.82, 2.24) is 9.80 Å². The smallest absolute Gasteiger partial charge is 0.122 e. The zero-order valence-corrected chi connectivity index (χ0v) is 50.9. The molecule has 2 aromatic carbocycles. The molecule has 66 heavy (non-hydrogen) atoms. The minimum atomic E-state index is 0. The topological polar surface area (TPSA) is 128 Å². The summed E-state index contributed by atoms with van der Waals surface area (Å²) in [5, 5.41) is 49.7. The maximum atomic E-state index is 10.8. The van der Waals surface area contributed by atoms with E-state index in [0.29, 0.717) is 11.5 Å². The van der Waals surface area contributed by atoms with Gasteiger partial charge in [-0.2, -0.15) is 0 Å². The number of hydrogen-bond donors (Lipinski definition) is 6. The Morgan fingerprint density at radius 1 is 0.379 bits per heavy atom. The van der Waals surface area contributed by atoms with E-state index in [-0.39, 0.29) is 82.0 Å². The maximum Gasteiger partial charge on any atom is 0.122 e. The van der Waals surface area contributed by atoms with Gasteiger partial charge in [0.25, 0.3) is 0 Å². The average molecular weight is 1000 g/mol. The van der Waals surface area contributed by atoms with Crippen molar-refractivity contribution in [2.75, 3.05) is 55.6 Å². The van der Waals surface area contributed by atoms with E-state index in [0.717, 1.165) is 136 Å². The van der Waals surface area contributed by atoms with Crippen molar-refractivity contribution in [2.45, 2.75) is 161 Å². The van der Waals surface area contributed by atoms with Crippen LogP contribution in [0.15, 0.2) is 24.3 Å². The van der Waals surface area contributed by atoms with E-state index < -0.39 is 0 Å². The Bertz CT molecular complexity index is 1210. The van der Waals surface area contributed by atoms with Crippen molar-refractivity contribution in [3.8, 4) is 11.5 Å². The molecule has 4 rings (SSSR count). The van der Waals surface area contributed by atoms with Crippen molar-refractivity contribution in [3.05, 3.63) is 72.5 Å². The van der Waals surface area contributed by atoms with E-state index in [2.05, 4.69) is 173 Å². The summed E-state index contributed by atoms with van der Waals surface area (Å²) < 4.78 is 0. The van der Waals surface area contributed by atoms with Crippen LogP contribution >= 0.6 is 0 Å². The summed E-state index contributed by atoms with van der Waals surface area (Å²) in [6.07, 6.45) is 0. The Hall–Kier alpha value is -0.771. The predicted octanol–water partition coefficient (Wildman–Crippen LogP) is 12.8. The Kier molecular flexibility index (Phi) is 49.2. The Labute approximate surface area is 441 Å². The Morgan fingerprint density at radius 3 is 0.682 bits per heavy atom. The van der Waals surface area contributed by atoms with Crippen molar-refractivity contribution in [1.29, 1.82) is 0 Å². The van der Waals surface area contributed by atoms with Crippen LogP contribution in [0.5, 0.6) is 11.5 Å². The number of aliphatic hydroxyl groups excluding tert-OH is 4. The molecular weight excluding hydrogens is 892 g/mol. The van der Waals surface area contributed by atoms with Gasteiger partial charge in [0.2, 0.25) is 0 Å². The van der Waals surface area contributed by atoms with E-state index in [4.69, 9.17) is 20.4 Å². The molecule has 0 spiro atoms. The van der Waals surface area contributed by atoms with Crippen LogP contribution in [0.25, 0.3) is 0 Å². The molecule has 0 aromatic heterocycles. The summed E-state index contributed by atoms with van der Waals surface area (Å²) in [5.74, 6) is 11.3. The third-order valence-corrected chi connectivity index (χ3v) is 14.9. The largest absolute Gasteiger partial charge is 0.507 e. The van der Waals surface area contributed by atoms with Crippen LogP contribution in [0, 0.1) is 74.0 Å².